The zero-order valence-electron chi connectivity index (χ0n) is 15.3. The minimum absolute atomic E-state index is 0. The SMILES string of the molecule is COC[C@@H](N=Cc1ccccc1O)[C@@H](COC)N=Cc1ccccc1O.[Ni]. The van der Waals surface area contributed by atoms with Gasteiger partial charge in [-0.05, 0) is 24.3 Å². The molecule has 0 radical (unpaired) electrons. The van der Waals surface area contributed by atoms with E-state index < -0.39 is 0 Å². The average molecular weight is 415 g/mol. The van der Waals surface area contributed by atoms with E-state index >= 15 is 0 Å². The first-order valence-electron chi connectivity index (χ1n) is 8.26. The summed E-state index contributed by atoms with van der Waals surface area (Å²) in [6.07, 6.45) is 3.22. The van der Waals surface area contributed by atoms with Crippen LogP contribution in [0.3, 0.4) is 0 Å². The van der Waals surface area contributed by atoms with Crippen LogP contribution in [0.1, 0.15) is 11.1 Å². The second-order valence-corrected chi connectivity index (χ2v) is 5.72. The average Bonchev–Trinajstić information content (AvgIpc) is 2.64. The van der Waals surface area contributed by atoms with Crippen molar-refractivity contribution in [2.75, 3.05) is 27.4 Å². The third kappa shape index (κ3) is 7.14. The number of para-hydroxylation sites is 2. The Morgan fingerprint density at radius 3 is 1.48 bits per heavy atom. The molecule has 0 aliphatic carbocycles. The first kappa shape index (κ1) is 22.8. The maximum absolute atomic E-state index is 9.87. The van der Waals surface area contributed by atoms with Crippen molar-refractivity contribution < 1.29 is 36.2 Å². The van der Waals surface area contributed by atoms with E-state index in [-0.39, 0.29) is 40.1 Å². The van der Waals surface area contributed by atoms with Gasteiger partial charge in [-0.25, -0.2) is 0 Å². The van der Waals surface area contributed by atoms with Gasteiger partial charge < -0.3 is 19.7 Å². The van der Waals surface area contributed by atoms with Crippen molar-refractivity contribution in [1.82, 2.24) is 0 Å². The van der Waals surface area contributed by atoms with Gasteiger partial charge in [0.2, 0.25) is 0 Å². The number of benzene rings is 2. The number of phenolic OH excluding ortho intramolecular Hbond substituents is 2. The summed E-state index contributed by atoms with van der Waals surface area (Å²) in [6.45, 7) is 0.687. The predicted molar refractivity (Wildman–Crippen MR) is 103 cm³/mol. The zero-order chi connectivity index (χ0) is 18.8. The summed E-state index contributed by atoms with van der Waals surface area (Å²) in [5.74, 6) is 0.321. The Balaban J connectivity index is 0.00000364. The number of rotatable bonds is 9. The van der Waals surface area contributed by atoms with Crippen LogP contribution < -0.4 is 0 Å². The van der Waals surface area contributed by atoms with Gasteiger partial charge in [0.05, 0.1) is 25.3 Å². The minimum Gasteiger partial charge on any atom is -0.507 e. The number of aliphatic imine (C=N–C) groups is 2. The summed E-state index contributed by atoms with van der Waals surface area (Å²) in [5.41, 5.74) is 1.24. The summed E-state index contributed by atoms with van der Waals surface area (Å²) >= 11 is 0. The van der Waals surface area contributed by atoms with E-state index in [1.807, 2.05) is 12.1 Å². The molecule has 0 unspecified atom stereocenters. The zero-order valence-corrected chi connectivity index (χ0v) is 16.3. The molecule has 7 heteroatoms. The van der Waals surface area contributed by atoms with Crippen LogP contribution >= 0.6 is 0 Å². The van der Waals surface area contributed by atoms with E-state index in [0.717, 1.165) is 0 Å². The number of methoxy groups -OCH3 is 2. The van der Waals surface area contributed by atoms with Crippen molar-refractivity contribution in [2.45, 2.75) is 12.1 Å². The second kappa shape index (κ2) is 12.2. The van der Waals surface area contributed by atoms with Crippen LogP contribution in [0.4, 0.5) is 0 Å². The van der Waals surface area contributed by atoms with Crippen LogP contribution in [-0.4, -0.2) is 62.2 Å². The minimum atomic E-state index is -0.304. The van der Waals surface area contributed by atoms with E-state index in [0.29, 0.717) is 24.3 Å². The van der Waals surface area contributed by atoms with Gasteiger partial charge in [0.15, 0.2) is 0 Å². The second-order valence-electron chi connectivity index (χ2n) is 5.72. The number of hydrogen-bond acceptors (Lipinski definition) is 6. The van der Waals surface area contributed by atoms with Gasteiger partial charge in [0.25, 0.3) is 0 Å². The molecule has 0 heterocycles. The number of phenols is 2. The summed E-state index contributed by atoms with van der Waals surface area (Å²) in [5, 5.41) is 19.7. The van der Waals surface area contributed by atoms with E-state index in [1.54, 1.807) is 63.0 Å². The maximum atomic E-state index is 9.87. The van der Waals surface area contributed by atoms with Gasteiger partial charge in [-0.3, -0.25) is 9.98 Å². The molecule has 2 aromatic carbocycles. The fourth-order valence-corrected chi connectivity index (χ4v) is 2.39. The van der Waals surface area contributed by atoms with Gasteiger partial charge in [-0.15, -0.1) is 0 Å². The number of nitrogens with zero attached hydrogens (tertiary/aromatic N) is 2. The number of hydrogen-bond donors (Lipinski definition) is 2. The molecule has 0 spiro atoms. The molecule has 0 aliphatic heterocycles. The molecule has 2 N–H and O–H groups in total. The van der Waals surface area contributed by atoms with Crippen LogP contribution in [-0.2, 0) is 26.0 Å². The summed E-state index contributed by atoms with van der Waals surface area (Å²) in [6, 6.07) is 13.3. The van der Waals surface area contributed by atoms with Crippen molar-refractivity contribution in [3.8, 4) is 11.5 Å². The Hall–Kier alpha value is -2.21. The smallest absolute Gasteiger partial charge is 0.124 e. The molecule has 0 aliphatic rings. The van der Waals surface area contributed by atoms with Crippen LogP contribution in [0, 0.1) is 0 Å². The number of ether oxygens (including phenoxy) is 2. The molecule has 2 atom stereocenters. The quantitative estimate of drug-likeness (QED) is 0.488. The third-order valence-electron chi connectivity index (χ3n) is 3.80. The fraction of sp³-hybridized carbons (Fsp3) is 0.300. The predicted octanol–water partition coefficient (Wildman–Crippen LogP) is 2.66. The summed E-state index contributed by atoms with van der Waals surface area (Å²) in [4.78, 5) is 9.06. The topological polar surface area (TPSA) is 83.6 Å². The third-order valence-corrected chi connectivity index (χ3v) is 3.80. The molecule has 0 amide bonds. The molecule has 0 bridgehead atoms. The van der Waals surface area contributed by atoms with Crippen molar-refractivity contribution in [3.63, 3.8) is 0 Å². The van der Waals surface area contributed by atoms with Crippen LogP contribution in [0.5, 0.6) is 11.5 Å². The molecule has 2 rings (SSSR count). The van der Waals surface area contributed by atoms with Crippen molar-refractivity contribution in [2.24, 2.45) is 9.98 Å². The molecule has 0 saturated carbocycles. The molecule has 148 valence electrons. The van der Waals surface area contributed by atoms with Gasteiger partial charge >= 0.3 is 0 Å². The molecule has 2 aromatic rings. The molecule has 0 fully saturated rings. The van der Waals surface area contributed by atoms with Crippen molar-refractivity contribution in [3.05, 3.63) is 59.7 Å². The van der Waals surface area contributed by atoms with Crippen molar-refractivity contribution in [1.29, 1.82) is 0 Å². The van der Waals surface area contributed by atoms with E-state index in [2.05, 4.69) is 9.98 Å². The molecule has 0 aromatic heterocycles. The largest absolute Gasteiger partial charge is 0.507 e. The fourth-order valence-electron chi connectivity index (χ4n) is 2.39. The Bertz CT molecular complexity index is 689. The van der Waals surface area contributed by atoms with Gasteiger partial charge in [0, 0.05) is 54.3 Å². The Morgan fingerprint density at radius 1 is 0.778 bits per heavy atom. The van der Waals surface area contributed by atoms with Crippen molar-refractivity contribution >= 4 is 12.4 Å². The monoisotopic (exact) mass is 414 g/mol. The van der Waals surface area contributed by atoms with Gasteiger partial charge in [-0.1, -0.05) is 24.3 Å². The van der Waals surface area contributed by atoms with Gasteiger partial charge in [0.1, 0.15) is 11.5 Å². The standard InChI is InChI=1S/C20H24N2O4.Ni/c1-25-13-17(21-11-15-7-3-5-9-19(15)23)18(14-26-2)22-12-16-8-4-6-10-20(16)24;/h3-12,17-18,23-24H,13-14H2,1-2H3;/t17-,18-;/m1./s1. The Morgan fingerprint density at radius 2 is 1.15 bits per heavy atom. The molecule has 6 nitrogen and oxygen atoms in total. The van der Waals surface area contributed by atoms with E-state index in [4.69, 9.17) is 9.47 Å². The van der Waals surface area contributed by atoms with E-state index in [9.17, 15) is 10.2 Å². The van der Waals surface area contributed by atoms with Crippen LogP contribution in [0.2, 0.25) is 0 Å². The summed E-state index contributed by atoms with van der Waals surface area (Å²) < 4.78 is 10.5. The number of aromatic hydroxyl groups is 2. The Kier molecular flexibility index (Phi) is 10.3. The first-order chi connectivity index (χ1) is 12.7. The molecule has 0 saturated heterocycles. The molecular weight excluding hydrogens is 391 g/mol. The van der Waals surface area contributed by atoms with E-state index in [1.165, 1.54) is 0 Å². The van der Waals surface area contributed by atoms with Gasteiger partial charge in [-0.2, -0.15) is 0 Å². The normalized spacial score (nSPS) is 13.6. The first-order valence-corrected chi connectivity index (χ1v) is 8.26. The summed E-state index contributed by atoms with van der Waals surface area (Å²) in [7, 11) is 3.19. The van der Waals surface area contributed by atoms with Crippen LogP contribution in [0.25, 0.3) is 0 Å². The molecule has 27 heavy (non-hydrogen) atoms. The molecular formula is C20H24N2NiO4. The van der Waals surface area contributed by atoms with Crippen LogP contribution in [0.15, 0.2) is 58.5 Å². The maximum Gasteiger partial charge on any atom is 0.124 e. The Labute approximate surface area is 169 Å².